The van der Waals surface area contributed by atoms with Crippen LogP contribution in [0.5, 0.6) is 0 Å². The molecule has 0 saturated carbocycles. The van der Waals surface area contributed by atoms with Gasteiger partial charge in [-0.2, -0.15) is 8.75 Å². The van der Waals surface area contributed by atoms with Gasteiger partial charge in [-0.3, -0.25) is 0 Å². The fourth-order valence-corrected chi connectivity index (χ4v) is 2.45. The van der Waals surface area contributed by atoms with Crippen LogP contribution in [-0.2, 0) is 0 Å². The monoisotopic (exact) mass is 221 g/mol. The van der Waals surface area contributed by atoms with Crippen molar-refractivity contribution in [1.29, 1.82) is 0 Å². The van der Waals surface area contributed by atoms with E-state index >= 15 is 0 Å². The molecule has 0 unspecified atom stereocenters. The molecule has 0 bridgehead atoms. The average Bonchev–Trinajstić information content (AvgIpc) is 2.64. The molecule has 1 aromatic heterocycles. The molecule has 6 heteroatoms. The Morgan fingerprint density at radius 2 is 1.79 bits per heavy atom. The minimum absolute atomic E-state index is 0.720. The summed E-state index contributed by atoms with van der Waals surface area (Å²) >= 11 is 1.21. The third-order valence-electron chi connectivity index (χ3n) is 2.37. The van der Waals surface area contributed by atoms with E-state index in [1.165, 1.54) is 11.7 Å². The van der Waals surface area contributed by atoms with Crippen molar-refractivity contribution < 1.29 is 0 Å². The Balaban J connectivity index is 2.94. The van der Waals surface area contributed by atoms with E-state index < -0.39 is 0 Å². The van der Waals surface area contributed by atoms with Gasteiger partial charge >= 0.3 is 0 Å². The van der Waals surface area contributed by atoms with Crippen LogP contribution in [0.15, 0.2) is 0 Å². The number of benzene rings is 1. The summed E-state index contributed by atoms with van der Waals surface area (Å²) in [5.41, 5.74) is 11.4. The second-order valence-electron chi connectivity index (χ2n) is 3.13. The molecule has 0 fully saturated rings. The van der Waals surface area contributed by atoms with Crippen molar-refractivity contribution in [3.8, 4) is 0 Å². The molecule has 0 aliphatic carbocycles. The molecule has 3 N–H and O–H groups in total. The average molecular weight is 221 g/mol. The number of hydrogen-bond acceptors (Lipinski definition) is 5. The topological polar surface area (TPSA) is 63.8 Å². The van der Waals surface area contributed by atoms with E-state index in [9.17, 15) is 0 Å². The number of fused-ring (bicyclic) bond motifs is 1. The van der Waals surface area contributed by atoms with E-state index in [0.29, 0.717) is 0 Å². The second-order valence-corrected chi connectivity index (χ2v) is 3.90. The van der Waals surface area contributed by atoms with Gasteiger partial charge in [0, 0.05) is 11.1 Å². The third kappa shape index (κ3) is 1.11. The quantitative estimate of drug-likeness (QED) is 0.564. The van der Waals surface area contributed by atoms with Gasteiger partial charge in [0.2, 0.25) is 0 Å². The van der Waals surface area contributed by atoms with Gasteiger partial charge < -0.3 is 10.7 Å². The molecule has 0 saturated heterocycles. The molecule has 0 amide bonds. The number of nitrogens with one attached hydrogen (secondary N) is 1. The summed E-state index contributed by atoms with van der Waals surface area (Å²) in [6.07, 6.45) is 0. The maximum Gasteiger partial charge on any atom is 0.186 e. The van der Waals surface area contributed by atoms with E-state index in [4.69, 9.17) is 5.73 Å². The van der Waals surface area contributed by atoms with Crippen LogP contribution in [-0.4, -0.2) is 19.2 Å². The first-order chi connectivity index (χ1) is 6.66. The number of aryl methyl sites for hydroxylation is 2. The van der Waals surface area contributed by atoms with Crippen molar-refractivity contribution in [2.24, 2.45) is 0 Å². The summed E-state index contributed by atoms with van der Waals surface area (Å²) in [5.74, 6) is 0. The van der Waals surface area contributed by atoms with Crippen molar-refractivity contribution in [2.45, 2.75) is 13.8 Å². The summed E-state index contributed by atoms with van der Waals surface area (Å²) in [6.45, 7) is 3.92. The van der Waals surface area contributed by atoms with Gasteiger partial charge in [0.25, 0.3) is 0 Å². The van der Waals surface area contributed by atoms with Gasteiger partial charge in [0.15, 0.2) is 10.4 Å². The molecule has 71 valence electrons. The molecule has 0 aliphatic rings. The fraction of sp³-hybridized carbons (Fsp3) is 0.250. The highest BCUT2D eigenvalue weighted by molar-refractivity contribution is 7.00. The Hall–Kier alpha value is -1.14. The summed E-state index contributed by atoms with van der Waals surface area (Å²) in [6, 6.07) is 0. The van der Waals surface area contributed by atoms with Crippen LogP contribution in [0.3, 0.4) is 0 Å². The third-order valence-corrected chi connectivity index (χ3v) is 3.15. The number of nitrogen functional groups attached to an aromatic ring is 1. The molecule has 2 aromatic rings. The van der Waals surface area contributed by atoms with Crippen LogP contribution < -0.4 is 10.7 Å². The molecule has 3 radical (unpaired) electrons. The Bertz CT molecular complexity index is 494. The zero-order valence-electron chi connectivity index (χ0n) is 7.88. The number of hydrogen-bond donors (Lipinski definition) is 2. The van der Waals surface area contributed by atoms with Crippen LogP contribution in [0, 0.1) is 13.8 Å². The van der Waals surface area contributed by atoms with Gasteiger partial charge in [-0.05, 0) is 13.8 Å². The summed E-state index contributed by atoms with van der Waals surface area (Å²) in [5, 5.41) is 0. The lowest BCUT2D eigenvalue weighted by molar-refractivity contribution is 1.42. The Morgan fingerprint density at radius 3 is 2.36 bits per heavy atom. The summed E-state index contributed by atoms with van der Waals surface area (Å²) in [4.78, 5) is 2.90. The van der Waals surface area contributed by atoms with Gasteiger partial charge in [-0.1, -0.05) is 0 Å². The van der Waals surface area contributed by atoms with E-state index in [1.807, 2.05) is 13.8 Å². The van der Waals surface area contributed by atoms with Crippen LogP contribution in [0.1, 0.15) is 11.1 Å². The molecular formula is C8H9N4SSi. The zero-order chi connectivity index (χ0) is 10.3. The highest BCUT2D eigenvalue weighted by Crippen LogP contribution is 2.33. The Labute approximate surface area is 89.3 Å². The number of anilines is 2. The lowest BCUT2D eigenvalue weighted by Crippen LogP contribution is -2.02. The first kappa shape index (κ1) is 9.41. The predicted octanol–water partition coefficient (Wildman–Crippen LogP) is 1.39. The molecule has 14 heavy (non-hydrogen) atoms. The van der Waals surface area contributed by atoms with Gasteiger partial charge in [-0.25, -0.2) is 0 Å². The van der Waals surface area contributed by atoms with Crippen molar-refractivity contribution in [1.82, 2.24) is 8.75 Å². The minimum Gasteiger partial charge on any atom is -0.411 e. The highest BCUT2D eigenvalue weighted by atomic mass is 32.1. The number of rotatable bonds is 1. The van der Waals surface area contributed by atoms with Crippen molar-refractivity contribution >= 4 is 44.5 Å². The van der Waals surface area contributed by atoms with E-state index in [0.717, 1.165) is 33.5 Å². The Kier molecular flexibility index (Phi) is 2.16. The number of nitrogens with two attached hydrogens (primary N) is 1. The molecule has 1 aromatic carbocycles. The normalized spacial score (nSPS) is 10.8. The molecule has 1 heterocycles. The Morgan fingerprint density at radius 1 is 1.21 bits per heavy atom. The lowest BCUT2D eigenvalue weighted by atomic mass is 10.1. The van der Waals surface area contributed by atoms with Crippen LogP contribution >= 0.6 is 11.7 Å². The van der Waals surface area contributed by atoms with Gasteiger partial charge in [0.05, 0.1) is 23.1 Å². The standard InChI is InChI=1S/C8H9N4SSi/c1-3-5(9)6(12-14)4(2)8-7(3)10-13-11-8/h12H,9H2,1-2H3. The summed E-state index contributed by atoms with van der Waals surface area (Å²) in [7, 11) is 3.24. The first-order valence-corrected chi connectivity index (χ1v) is 5.33. The highest BCUT2D eigenvalue weighted by Gasteiger charge is 2.14. The smallest absolute Gasteiger partial charge is 0.186 e. The summed E-state index contributed by atoms with van der Waals surface area (Å²) < 4.78 is 8.46. The zero-order valence-corrected chi connectivity index (χ0v) is 9.70. The van der Waals surface area contributed by atoms with Crippen LogP contribution in [0.2, 0.25) is 0 Å². The van der Waals surface area contributed by atoms with Gasteiger partial charge in [0.1, 0.15) is 11.0 Å². The van der Waals surface area contributed by atoms with E-state index in [1.54, 1.807) is 0 Å². The molecule has 0 spiro atoms. The molecule has 4 nitrogen and oxygen atoms in total. The van der Waals surface area contributed by atoms with Crippen LogP contribution in [0.25, 0.3) is 11.0 Å². The van der Waals surface area contributed by atoms with Crippen molar-refractivity contribution in [2.75, 3.05) is 10.7 Å². The minimum atomic E-state index is 0.720. The SMILES string of the molecule is Cc1c(N)c(N[Si])c(C)c2nsnc12. The second kappa shape index (κ2) is 3.21. The number of nitrogens with zero attached hydrogens (tertiary/aromatic N) is 2. The predicted molar refractivity (Wildman–Crippen MR) is 60.7 cm³/mol. The largest absolute Gasteiger partial charge is 0.411 e. The van der Waals surface area contributed by atoms with Crippen molar-refractivity contribution in [3.63, 3.8) is 0 Å². The fourth-order valence-electron chi connectivity index (χ4n) is 1.48. The van der Waals surface area contributed by atoms with Crippen molar-refractivity contribution in [3.05, 3.63) is 11.1 Å². The maximum absolute atomic E-state index is 5.96. The maximum atomic E-state index is 5.96. The van der Waals surface area contributed by atoms with Crippen LogP contribution in [0.4, 0.5) is 11.4 Å². The molecule has 0 aliphatic heterocycles. The molecule has 0 atom stereocenters. The van der Waals surface area contributed by atoms with Gasteiger partial charge in [-0.15, -0.1) is 0 Å². The number of aromatic nitrogens is 2. The molecular weight excluding hydrogens is 212 g/mol. The molecule has 2 rings (SSSR count). The van der Waals surface area contributed by atoms with E-state index in [2.05, 4.69) is 24.1 Å². The van der Waals surface area contributed by atoms with E-state index in [-0.39, 0.29) is 0 Å². The lowest BCUT2D eigenvalue weighted by Gasteiger charge is -2.11. The first-order valence-electron chi connectivity index (χ1n) is 4.10.